The molecule has 3 heteroatoms. The topological polar surface area (TPSA) is 32.3 Å². The van der Waals surface area contributed by atoms with Crippen molar-refractivity contribution in [3.8, 4) is 0 Å². The molecule has 1 unspecified atom stereocenters. The fraction of sp³-hybridized carbons (Fsp3) is 0.933. The Hall–Kier alpha value is -0.570. The van der Waals surface area contributed by atoms with Crippen LogP contribution in [0.15, 0.2) is 0 Å². The van der Waals surface area contributed by atoms with E-state index in [4.69, 9.17) is 0 Å². The van der Waals surface area contributed by atoms with Gasteiger partial charge < -0.3 is 4.90 Å². The van der Waals surface area contributed by atoms with Gasteiger partial charge in [0.15, 0.2) is 0 Å². The van der Waals surface area contributed by atoms with E-state index in [9.17, 15) is 4.79 Å². The summed E-state index contributed by atoms with van der Waals surface area (Å²) in [4.78, 5) is 14.5. The van der Waals surface area contributed by atoms with E-state index >= 15 is 0 Å². The Labute approximate surface area is 111 Å². The van der Waals surface area contributed by atoms with Gasteiger partial charge in [0, 0.05) is 6.54 Å². The molecule has 1 aliphatic heterocycles. The fourth-order valence-corrected chi connectivity index (χ4v) is 2.92. The number of hydrogen-bond donors (Lipinski definition) is 1. The van der Waals surface area contributed by atoms with E-state index in [0.29, 0.717) is 11.8 Å². The minimum atomic E-state index is -0.141. The molecule has 1 heterocycles. The van der Waals surface area contributed by atoms with Crippen molar-refractivity contribution >= 4 is 5.91 Å². The van der Waals surface area contributed by atoms with E-state index in [1.807, 2.05) is 0 Å². The lowest BCUT2D eigenvalue weighted by molar-refractivity contribution is -0.131. The summed E-state index contributed by atoms with van der Waals surface area (Å²) >= 11 is 0. The second-order valence-electron chi connectivity index (χ2n) is 6.91. The molecule has 1 amide bonds. The highest BCUT2D eigenvalue weighted by atomic mass is 16.2. The molecule has 2 aliphatic rings. The second-order valence-corrected chi connectivity index (χ2v) is 6.91. The average molecular weight is 252 g/mol. The Balaban J connectivity index is 1.92. The number of nitrogens with zero attached hydrogens (tertiary/aromatic N) is 1. The first-order valence-corrected chi connectivity index (χ1v) is 7.53. The average Bonchev–Trinajstić information content (AvgIpc) is 2.98. The zero-order chi connectivity index (χ0) is 13.3. The maximum Gasteiger partial charge on any atom is 0.244 e. The Morgan fingerprint density at radius 3 is 2.44 bits per heavy atom. The van der Waals surface area contributed by atoms with Gasteiger partial charge in [-0.15, -0.1) is 0 Å². The van der Waals surface area contributed by atoms with Gasteiger partial charge in [-0.1, -0.05) is 27.7 Å². The van der Waals surface area contributed by atoms with Crippen LogP contribution in [0.2, 0.25) is 0 Å². The van der Waals surface area contributed by atoms with Crippen molar-refractivity contribution in [2.24, 2.45) is 11.8 Å². The minimum Gasteiger partial charge on any atom is -0.326 e. The third-order valence-corrected chi connectivity index (χ3v) is 4.11. The summed E-state index contributed by atoms with van der Waals surface area (Å²) < 4.78 is 0. The van der Waals surface area contributed by atoms with Gasteiger partial charge in [-0.2, -0.15) is 0 Å². The molecule has 0 aromatic heterocycles. The SMILES string of the molecule is CC(C)CCCN1C(=O)C2(CC2)NC1CC(C)C. The van der Waals surface area contributed by atoms with E-state index in [2.05, 4.69) is 37.9 Å². The molecule has 3 nitrogen and oxygen atoms in total. The summed E-state index contributed by atoms with van der Waals surface area (Å²) in [5.41, 5.74) is -0.141. The summed E-state index contributed by atoms with van der Waals surface area (Å²) in [7, 11) is 0. The van der Waals surface area contributed by atoms with Crippen molar-refractivity contribution < 1.29 is 4.79 Å². The van der Waals surface area contributed by atoms with Crippen molar-refractivity contribution in [1.82, 2.24) is 10.2 Å². The van der Waals surface area contributed by atoms with Gasteiger partial charge >= 0.3 is 0 Å². The Bertz CT molecular complexity index is 308. The molecule has 2 rings (SSSR count). The Morgan fingerprint density at radius 1 is 1.28 bits per heavy atom. The molecule has 1 aliphatic carbocycles. The third-order valence-electron chi connectivity index (χ3n) is 4.11. The lowest BCUT2D eigenvalue weighted by atomic mass is 10.1. The third kappa shape index (κ3) is 2.87. The van der Waals surface area contributed by atoms with Gasteiger partial charge in [-0.05, 0) is 43.9 Å². The highest BCUT2D eigenvalue weighted by Crippen LogP contribution is 2.43. The Kier molecular flexibility index (Phi) is 4.00. The monoisotopic (exact) mass is 252 g/mol. The van der Waals surface area contributed by atoms with Gasteiger partial charge in [-0.25, -0.2) is 0 Å². The van der Waals surface area contributed by atoms with E-state index in [1.165, 1.54) is 6.42 Å². The van der Waals surface area contributed by atoms with Gasteiger partial charge in [0.2, 0.25) is 5.91 Å². The lowest BCUT2D eigenvalue weighted by Gasteiger charge is -2.25. The molecular weight excluding hydrogens is 224 g/mol. The first kappa shape index (κ1) is 13.9. The fourth-order valence-electron chi connectivity index (χ4n) is 2.92. The Morgan fingerprint density at radius 2 is 1.94 bits per heavy atom. The van der Waals surface area contributed by atoms with Gasteiger partial charge in [0.1, 0.15) is 0 Å². The molecule has 18 heavy (non-hydrogen) atoms. The summed E-state index contributed by atoms with van der Waals surface area (Å²) in [6.45, 7) is 9.89. The second kappa shape index (κ2) is 5.20. The van der Waals surface area contributed by atoms with E-state index in [0.717, 1.165) is 38.1 Å². The van der Waals surface area contributed by atoms with Crippen LogP contribution in [0, 0.1) is 11.8 Å². The van der Waals surface area contributed by atoms with Crippen molar-refractivity contribution in [2.75, 3.05) is 6.54 Å². The number of rotatable bonds is 6. The zero-order valence-electron chi connectivity index (χ0n) is 12.3. The smallest absolute Gasteiger partial charge is 0.244 e. The molecule has 1 spiro atoms. The molecule has 0 bridgehead atoms. The maximum atomic E-state index is 12.4. The highest BCUT2D eigenvalue weighted by molar-refractivity contribution is 5.91. The van der Waals surface area contributed by atoms with Crippen molar-refractivity contribution in [3.05, 3.63) is 0 Å². The summed E-state index contributed by atoms with van der Waals surface area (Å²) in [5.74, 6) is 1.74. The molecule has 2 fully saturated rings. The number of nitrogens with one attached hydrogen (secondary N) is 1. The van der Waals surface area contributed by atoms with Crippen LogP contribution in [0.25, 0.3) is 0 Å². The van der Waals surface area contributed by atoms with Gasteiger partial charge in [-0.3, -0.25) is 10.1 Å². The highest BCUT2D eigenvalue weighted by Gasteiger charge is 2.58. The van der Waals surface area contributed by atoms with Crippen LogP contribution in [-0.2, 0) is 4.79 Å². The zero-order valence-corrected chi connectivity index (χ0v) is 12.3. The van der Waals surface area contributed by atoms with Crippen LogP contribution in [-0.4, -0.2) is 29.1 Å². The molecule has 0 aromatic rings. The van der Waals surface area contributed by atoms with E-state index in [-0.39, 0.29) is 11.7 Å². The summed E-state index contributed by atoms with van der Waals surface area (Å²) in [6, 6.07) is 0. The molecule has 1 saturated carbocycles. The van der Waals surface area contributed by atoms with Crippen LogP contribution < -0.4 is 5.32 Å². The molecular formula is C15H28N2O. The molecule has 1 N–H and O–H groups in total. The largest absolute Gasteiger partial charge is 0.326 e. The van der Waals surface area contributed by atoms with Crippen LogP contribution >= 0.6 is 0 Å². The number of carbonyl (C=O) groups excluding carboxylic acids is 1. The van der Waals surface area contributed by atoms with Crippen molar-refractivity contribution in [1.29, 1.82) is 0 Å². The van der Waals surface area contributed by atoms with Crippen molar-refractivity contribution in [3.63, 3.8) is 0 Å². The summed E-state index contributed by atoms with van der Waals surface area (Å²) in [6.07, 6.45) is 5.80. The van der Waals surface area contributed by atoms with Gasteiger partial charge in [0.25, 0.3) is 0 Å². The van der Waals surface area contributed by atoms with Crippen molar-refractivity contribution in [2.45, 2.75) is 71.5 Å². The molecule has 1 atom stereocenters. The number of carbonyl (C=O) groups is 1. The molecule has 1 saturated heterocycles. The quantitative estimate of drug-likeness (QED) is 0.788. The van der Waals surface area contributed by atoms with Crippen LogP contribution in [0.4, 0.5) is 0 Å². The minimum absolute atomic E-state index is 0.141. The predicted octanol–water partition coefficient (Wildman–Crippen LogP) is 2.76. The maximum absolute atomic E-state index is 12.4. The van der Waals surface area contributed by atoms with Crippen LogP contribution in [0.5, 0.6) is 0 Å². The van der Waals surface area contributed by atoms with Gasteiger partial charge in [0.05, 0.1) is 11.7 Å². The van der Waals surface area contributed by atoms with Crippen LogP contribution in [0.3, 0.4) is 0 Å². The van der Waals surface area contributed by atoms with Crippen LogP contribution in [0.1, 0.15) is 59.8 Å². The standard InChI is InChI=1S/C15H28N2O/c1-11(2)6-5-9-17-13(10-12(3)4)16-15(7-8-15)14(17)18/h11-13,16H,5-10H2,1-4H3. The predicted molar refractivity (Wildman–Crippen MR) is 74.1 cm³/mol. The van der Waals surface area contributed by atoms with E-state index in [1.54, 1.807) is 0 Å². The molecule has 0 radical (unpaired) electrons. The first-order valence-electron chi connectivity index (χ1n) is 7.53. The van der Waals surface area contributed by atoms with E-state index < -0.39 is 0 Å². The lowest BCUT2D eigenvalue weighted by Crippen LogP contribution is -2.39. The number of hydrogen-bond acceptors (Lipinski definition) is 2. The normalized spacial score (nSPS) is 25.8. The molecule has 0 aromatic carbocycles. The first-order chi connectivity index (χ1) is 8.44. The number of amides is 1. The summed E-state index contributed by atoms with van der Waals surface area (Å²) in [5, 5.41) is 3.59. The molecule has 104 valence electrons.